The van der Waals surface area contributed by atoms with E-state index >= 15 is 0 Å². The van der Waals surface area contributed by atoms with Gasteiger partial charge in [-0.25, -0.2) is 4.39 Å². The molecule has 1 aromatic heterocycles. The molecule has 0 atom stereocenters. The van der Waals surface area contributed by atoms with Gasteiger partial charge in [0.2, 0.25) is 0 Å². The summed E-state index contributed by atoms with van der Waals surface area (Å²) in [4.78, 5) is 14.1. The monoisotopic (exact) mass is 515 g/mol. The number of hydrogen-bond acceptors (Lipinski definition) is 3. The maximum Gasteiger partial charge on any atom is 0.155 e. The van der Waals surface area contributed by atoms with Crippen LogP contribution in [0, 0.1) is 11.9 Å². The topological polar surface area (TPSA) is 50.2 Å². The number of carbonyl (C=O) groups is 1. The van der Waals surface area contributed by atoms with E-state index in [0.717, 1.165) is 22.0 Å². The van der Waals surface area contributed by atoms with Crippen LogP contribution in [-0.2, 0) is 24.9 Å². The summed E-state index contributed by atoms with van der Waals surface area (Å²) in [7, 11) is 0. The minimum atomic E-state index is -0.321. The van der Waals surface area contributed by atoms with Gasteiger partial charge in [-0.05, 0) is 26.0 Å². The van der Waals surface area contributed by atoms with E-state index in [0.29, 0.717) is 0 Å². The van der Waals surface area contributed by atoms with Crippen LogP contribution in [0.4, 0.5) is 4.39 Å². The normalized spacial score (nSPS) is 10.4. The van der Waals surface area contributed by atoms with Crippen LogP contribution in [0.25, 0.3) is 22.0 Å². The van der Waals surface area contributed by atoms with Gasteiger partial charge in [-0.3, -0.25) is 9.78 Å². The molecule has 0 bridgehead atoms. The number of hydrogen-bond donors (Lipinski definition) is 1. The van der Waals surface area contributed by atoms with Crippen molar-refractivity contribution in [3.8, 4) is 11.3 Å². The molecule has 0 aliphatic heterocycles. The molecule has 25 heavy (non-hydrogen) atoms. The second-order valence-corrected chi connectivity index (χ2v) is 5.20. The van der Waals surface area contributed by atoms with Gasteiger partial charge in [-0.1, -0.05) is 23.8 Å². The second kappa shape index (κ2) is 9.82. The zero-order valence-corrected chi connectivity index (χ0v) is 16.2. The van der Waals surface area contributed by atoms with E-state index < -0.39 is 0 Å². The Morgan fingerprint density at radius 1 is 1.16 bits per heavy atom. The number of nitrogens with zero attached hydrogens (tertiary/aromatic N) is 1. The number of aliphatic hydroxyl groups is 1. The Morgan fingerprint density at radius 3 is 2.44 bits per heavy atom. The first-order valence-electron chi connectivity index (χ1n) is 7.36. The number of ketones is 1. The first-order valence-corrected chi connectivity index (χ1v) is 7.36. The number of aromatic nitrogens is 1. The summed E-state index contributed by atoms with van der Waals surface area (Å²) in [6.45, 7) is 2.85. The molecule has 1 radical (unpaired) electrons. The molecule has 2 aromatic carbocycles. The molecule has 5 heteroatoms. The van der Waals surface area contributed by atoms with E-state index in [1.54, 1.807) is 6.07 Å². The van der Waals surface area contributed by atoms with Gasteiger partial charge in [-0.15, -0.1) is 35.0 Å². The maximum absolute atomic E-state index is 12.8. The molecule has 131 valence electrons. The Hall–Kier alpha value is -2.36. The number of fused-ring (bicyclic) bond motifs is 1. The Morgan fingerprint density at radius 2 is 1.88 bits per heavy atom. The van der Waals surface area contributed by atoms with E-state index in [4.69, 9.17) is 5.11 Å². The van der Waals surface area contributed by atoms with E-state index in [2.05, 4.69) is 11.1 Å². The summed E-state index contributed by atoms with van der Waals surface area (Å²) >= 11 is 0. The number of halogens is 1. The summed E-state index contributed by atoms with van der Waals surface area (Å²) in [6, 6.07) is 18.1. The minimum absolute atomic E-state index is 0. The number of allylic oxidation sites excluding steroid dienone is 2. The summed E-state index contributed by atoms with van der Waals surface area (Å²) in [5.74, 6) is -0.384. The average molecular weight is 515 g/mol. The van der Waals surface area contributed by atoms with Crippen LogP contribution in [0.1, 0.15) is 13.8 Å². The number of rotatable bonds is 2. The Bertz CT molecular complexity index is 867. The Kier molecular flexibility index (Phi) is 8.12. The third-order valence-corrected chi connectivity index (χ3v) is 3.11. The van der Waals surface area contributed by atoms with Gasteiger partial charge < -0.3 is 5.11 Å². The molecule has 3 aromatic rings. The number of carbonyl (C=O) groups excluding carboxylic acids is 1. The van der Waals surface area contributed by atoms with Crippen LogP contribution in [0.5, 0.6) is 0 Å². The van der Waals surface area contributed by atoms with Crippen LogP contribution in [-0.4, -0.2) is 15.9 Å². The summed E-state index contributed by atoms with van der Waals surface area (Å²) in [5, 5.41) is 10.5. The first kappa shape index (κ1) is 20.7. The number of benzene rings is 2. The number of aliphatic hydroxyl groups excluding tert-OH is 1. The first-order chi connectivity index (χ1) is 11.5. The van der Waals surface area contributed by atoms with Gasteiger partial charge in [0.1, 0.15) is 5.82 Å². The van der Waals surface area contributed by atoms with Crippen LogP contribution < -0.4 is 0 Å². The molecule has 0 unspecified atom stereocenters. The summed E-state index contributed by atoms with van der Waals surface area (Å²) in [5.41, 5.74) is 1.74. The van der Waals surface area contributed by atoms with Gasteiger partial charge in [0.05, 0.1) is 12.0 Å². The predicted octanol–water partition coefficient (Wildman–Crippen LogP) is 4.88. The molecular formula is C20H17FIrNO2-. The fourth-order valence-electron chi connectivity index (χ4n) is 2.20. The maximum atomic E-state index is 12.8. The number of pyridine rings is 1. The van der Waals surface area contributed by atoms with Crippen molar-refractivity contribution >= 4 is 16.6 Å². The largest absolute Gasteiger partial charge is 0.512 e. The van der Waals surface area contributed by atoms with Crippen molar-refractivity contribution in [3.63, 3.8) is 0 Å². The van der Waals surface area contributed by atoms with Crippen molar-refractivity contribution in [1.82, 2.24) is 4.98 Å². The molecule has 1 N–H and O–H groups in total. The molecule has 3 rings (SSSR count). The van der Waals surface area contributed by atoms with Crippen LogP contribution in [0.3, 0.4) is 0 Å². The van der Waals surface area contributed by atoms with Gasteiger partial charge in [0.15, 0.2) is 5.78 Å². The van der Waals surface area contributed by atoms with E-state index in [1.165, 1.54) is 32.2 Å². The fraction of sp³-hybridized carbons (Fsp3) is 0.100. The Balaban J connectivity index is 0.000000339. The van der Waals surface area contributed by atoms with Crippen molar-refractivity contribution in [2.75, 3.05) is 0 Å². The van der Waals surface area contributed by atoms with Crippen LogP contribution >= 0.6 is 0 Å². The summed E-state index contributed by atoms with van der Waals surface area (Å²) in [6.07, 6.45) is 2.40. The smallest absolute Gasteiger partial charge is 0.155 e. The molecular weight excluding hydrogens is 497 g/mol. The molecule has 0 aliphatic carbocycles. The molecule has 0 saturated heterocycles. The van der Waals surface area contributed by atoms with Gasteiger partial charge >= 0.3 is 0 Å². The van der Waals surface area contributed by atoms with Gasteiger partial charge in [0, 0.05) is 31.9 Å². The molecule has 0 aliphatic rings. The average Bonchev–Trinajstić information content (AvgIpc) is 2.54. The van der Waals surface area contributed by atoms with Crippen LogP contribution in [0.2, 0.25) is 0 Å². The Labute approximate surface area is 159 Å². The van der Waals surface area contributed by atoms with Crippen molar-refractivity contribution < 1.29 is 34.4 Å². The molecule has 3 nitrogen and oxygen atoms in total. The SMILES string of the molecule is CC(=O)/C=C(/C)O.Fc1ccc(-c2cccc3ccc[c-]c23)nc1.[Ir]. The zero-order valence-electron chi connectivity index (χ0n) is 13.8. The van der Waals surface area contributed by atoms with E-state index in [-0.39, 0.29) is 37.5 Å². The van der Waals surface area contributed by atoms with Crippen molar-refractivity contribution in [2.45, 2.75) is 13.8 Å². The molecule has 0 amide bonds. The third kappa shape index (κ3) is 6.22. The molecule has 0 saturated carbocycles. The fourth-order valence-corrected chi connectivity index (χ4v) is 2.20. The van der Waals surface area contributed by atoms with Crippen molar-refractivity contribution in [1.29, 1.82) is 0 Å². The van der Waals surface area contributed by atoms with Crippen molar-refractivity contribution in [2.24, 2.45) is 0 Å². The van der Waals surface area contributed by atoms with Gasteiger partial charge in [-0.2, -0.15) is 0 Å². The van der Waals surface area contributed by atoms with E-state index in [1.807, 2.05) is 36.4 Å². The standard InChI is InChI=1S/C15H9FN.C5H8O2.Ir/c16-12-8-9-15(17-10-12)14-7-3-5-11-4-1-2-6-13(11)14;1-4(6)3-5(2)7;/h1-5,7-10H;3,6H,1-2H3;/q-1;;/b;4-3-;. The molecule has 0 spiro atoms. The zero-order chi connectivity index (χ0) is 17.5. The second-order valence-electron chi connectivity index (χ2n) is 5.20. The van der Waals surface area contributed by atoms with Gasteiger partial charge in [0.25, 0.3) is 0 Å². The quantitative estimate of drug-likeness (QED) is 0.302. The minimum Gasteiger partial charge on any atom is -0.512 e. The third-order valence-electron chi connectivity index (χ3n) is 3.11. The predicted molar refractivity (Wildman–Crippen MR) is 93.0 cm³/mol. The van der Waals surface area contributed by atoms with E-state index in [9.17, 15) is 9.18 Å². The molecule has 0 fully saturated rings. The van der Waals surface area contributed by atoms with Crippen molar-refractivity contribution in [3.05, 3.63) is 78.4 Å². The summed E-state index contributed by atoms with van der Waals surface area (Å²) < 4.78 is 12.8. The van der Waals surface area contributed by atoms with Crippen LogP contribution in [0.15, 0.2) is 66.6 Å². The molecule has 1 heterocycles.